The van der Waals surface area contributed by atoms with Gasteiger partial charge in [0.25, 0.3) is 0 Å². The molecule has 0 saturated carbocycles. The van der Waals surface area contributed by atoms with Crippen molar-refractivity contribution in [2.45, 2.75) is 0 Å². The summed E-state index contributed by atoms with van der Waals surface area (Å²) in [7, 11) is 0. The van der Waals surface area contributed by atoms with Crippen LogP contribution in [0.15, 0.2) is 180 Å². The Balaban J connectivity index is 1.05. The summed E-state index contributed by atoms with van der Waals surface area (Å²) in [5.74, 6) is 0. The maximum absolute atomic E-state index is 6.91. The average molecular weight is 685 g/mol. The second kappa shape index (κ2) is 11.2. The maximum atomic E-state index is 6.91. The molecule has 244 valence electrons. The quantitative estimate of drug-likeness (QED) is 0.181. The Kier molecular flexibility index (Phi) is 6.31. The van der Waals surface area contributed by atoms with Crippen LogP contribution in [0.3, 0.4) is 0 Å². The van der Waals surface area contributed by atoms with Gasteiger partial charge in [0.2, 0.25) is 0 Å². The van der Waals surface area contributed by atoms with E-state index in [0.717, 1.165) is 66.6 Å². The predicted molar refractivity (Wildman–Crippen MR) is 218 cm³/mol. The fourth-order valence-corrected chi connectivity index (χ4v) is 8.45. The highest BCUT2D eigenvalue weighted by Crippen LogP contribution is 2.40. The lowest BCUT2D eigenvalue weighted by atomic mass is 9.97. The molecule has 3 nitrogen and oxygen atoms in total. The number of aromatic nitrogens is 2. The van der Waals surface area contributed by atoms with E-state index in [1.807, 2.05) is 12.1 Å². The van der Waals surface area contributed by atoms with Crippen molar-refractivity contribution in [2.75, 3.05) is 0 Å². The third-order valence-electron chi connectivity index (χ3n) is 10.5. The van der Waals surface area contributed by atoms with Crippen LogP contribution in [0.5, 0.6) is 0 Å². The van der Waals surface area contributed by atoms with Crippen LogP contribution in [0.2, 0.25) is 5.02 Å². The Hall–Kier alpha value is -6.55. The molecule has 11 aromatic rings. The lowest BCUT2D eigenvalue weighted by Crippen LogP contribution is -1.93. The number of halogens is 1. The van der Waals surface area contributed by atoms with E-state index >= 15 is 0 Å². The molecule has 0 amide bonds. The molecule has 3 heterocycles. The average Bonchev–Trinajstić information content (AvgIpc) is 3.85. The summed E-state index contributed by atoms with van der Waals surface area (Å²) in [6.45, 7) is 0. The molecule has 0 aliphatic rings. The molecule has 0 fully saturated rings. The van der Waals surface area contributed by atoms with E-state index in [1.165, 1.54) is 32.6 Å². The van der Waals surface area contributed by atoms with Crippen LogP contribution >= 0.6 is 11.6 Å². The van der Waals surface area contributed by atoms with Crippen molar-refractivity contribution in [3.63, 3.8) is 0 Å². The van der Waals surface area contributed by atoms with Gasteiger partial charge in [-0.25, -0.2) is 0 Å². The molecule has 3 aromatic heterocycles. The number of nitrogens with zero attached hydrogens (tertiary/aromatic N) is 2. The highest BCUT2D eigenvalue weighted by molar-refractivity contribution is 6.31. The van der Waals surface area contributed by atoms with Gasteiger partial charge < -0.3 is 13.6 Å². The van der Waals surface area contributed by atoms with Crippen molar-refractivity contribution >= 4 is 77.2 Å². The van der Waals surface area contributed by atoms with Gasteiger partial charge in [-0.05, 0) is 113 Å². The third-order valence-corrected chi connectivity index (χ3v) is 10.8. The molecule has 0 bridgehead atoms. The molecule has 52 heavy (non-hydrogen) atoms. The Morgan fingerprint density at radius 3 is 1.50 bits per heavy atom. The number of furan rings is 1. The zero-order valence-corrected chi connectivity index (χ0v) is 28.7. The summed E-state index contributed by atoms with van der Waals surface area (Å²) in [4.78, 5) is 0. The number of para-hydroxylation sites is 4. The monoisotopic (exact) mass is 684 g/mol. The van der Waals surface area contributed by atoms with Gasteiger partial charge in [0, 0.05) is 48.7 Å². The molecule has 4 heteroatoms. The van der Waals surface area contributed by atoms with Crippen LogP contribution in [0.25, 0.3) is 99.2 Å². The van der Waals surface area contributed by atoms with Gasteiger partial charge in [-0.15, -0.1) is 0 Å². The molecule has 0 aliphatic heterocycles. The van der Waals surface area contributed by atoms with Gasteiger partial charge in [-0.1, -0.05) is 96.5 Å². The van der Waals surface area contributed by atoms with Crippen molar-refractivity contribution < 1.29 is 4.42 Å². The van der Waals surface area contributed by atoms with E-state index in [2.05, 4.69) is 173 Å². The molecule has 0 unspecified atom stereocenters. The second-order valence-electron chi connectivity index (χ2n) is 13.5. The first-order chi connectivity index (χ1) is 25.7. The van der Waals surface area contributed by atoms with Gasteiger partial charge >= 0.3 is 0 Å². The molecule has 0 aliphatic carbocycles. The zero-order valence-electron chi connectivity index (χ0n) is 27.9. The lowest BCUT2D eigenvalue weighted by molar-refractivity contribution is 0.669. The SMILES string of the molecule is Clc1cc(-c2ccc3c(c2)c2ccccc2n3-c2ccccc2)cc(-c2ccc3c(c2)c2ccccc2n3-c2ccc3oc4ccccc4c3c2)c1. The van der Waals surface area contributed by atoms with E-state index in [0.29, 0.717) is 5.02 Å². The topological polar surface area (TPSA) is 23.0 Å². The first kappa shape index (κ1) is 29.2. The van der Waals surface area contributed by atoms with E-state index < -0.39 is 0 Å². The van der Waals surface area contributed by atoms with Crippen molar-refractivity contribution in [3.05, 3.63) is 181 Å². The molecule has 0 spiro atoms. The largest absolute Gasteiger partial charge is 0.456 e. The van der Waals surface area contributed by atoms with Crippen molar-refractivity contribution in [2.24, 2.45) is 0 Å². The molecule has 8 aromatic carbocycles. The van der Waals surface area contributed by atoms with Crippen LogP contribution in [0.1, 0.15) is 0 Å². The van der Waals surface area contributed by atoms with E-state index in [1.54, 1.807) is 0 Å². The van der Waals surface area contributed by atoms with Crippen LogP contribution in [-0.4, -0.2) is 9.13 Å². The van der Waals surface area contributed by atoms with Crippen molar-refractivity contribution in [1.82, 2.24) is 9.13 Å². The van der Waals surface area contributed by atoms with Gasteiger partial charge in [-0.3, -0.25) is 0 Å². The van der Waals surface area contributed by atoms with Gasteiger partial charge in [0.1, 0.15) is 11.2 Å². The molecular weight excluding hydrogens is 656 g/mol. The minimum atomic E-state index is 0.711. The lowest BCUT2D eigenvalue weighted by Gasteiger charge is -2.11. The normalized spacial score (nSPS) is 11.9. The van der Waals surface area contributed by atoms with Crippen LogP contribution in [0.4, 0.5) is 0 Å². The number of fused-ring (bicyclic) bond motifs is 9. The Morgan fingerprint density at radius 2 is 0.846 bits per heavy atom. The molecular formula is C48H29ClN2O. The summed E-state index contributed by atoms with van der Waals surface area (Å²) in [6.07, 6.45) is 0. The highest BCUT2D eigenvalue weighted by Gasteiger charge is 2.17. The third kappa shape index (κ3) is 4.40. The minimum absolute atomic E-state index is 0.711. The first-order valence-electron chi connectivity index (χ1n) is 17.5. The first-order valence-corrected chi connectivity index (χ1v) is 17.9. The van der Waals surface area contributed by atoms with E-state index in [-0.39, 0.29) is 0 Å². The van der Waals surface area contributed by atoms with Crippen molar-refractivity contribution in [1.29, 1.82) is 0 Å². The van der Waals surface area contributed by atoms with E-state index in [9.17, 15) is 0 Å². The molecule has 0 radical (unpaired) electrons. The Labute approximate surface area is 304 Å². The molecule has 0 N–H and O–H groups in total. The molecule has 0 saturated heterocycles. The molecule has 11 rings (SSSR count). The standard InChI is InChI=1S/C48H29ClN2O/c49-34-25-32(30-18-21-45-40(27-30)37-12-4-7-15-43(37)50(45)35-10-2-1-3-11-35)24-33(26-34)31-19-22-46-41(28-31)38-13-5-8-16-44(38)51(46)36-20-23-48-42(29-36)39-14-6-9-17-47(39)52-48/h1-29H. The van der Waals surface area contributed by atoms with Crippen LogP contribution in [0, 0.1) is 0 Å². The van der Waals surface area contributed by atoms with Crippen LogP contribution < -0.4 is 0 Å². The van der Waals surface area contributed by atoms with E-state index in [4.69, 9.17) is 16.0 Å². The fourth-order valence-electron chi connectivity index (χ4n) is 8.21. The summed E-state index contributed by atoms with van der Waals surface area (Å²) in [5, 5.41) is 7.80. The summed E-state index contributed by atoms with van der Waals surface area (Å²) < 4.78 is 10.9. The van der Waals surface area contributed by atoms with Gasteiger partial charge in [0.05, 0.1) is 22.1 Å². The minimum Gasteiger partial charge on any atom is -0.456 e. The summed E-state index contributed by atoms with van der Waals surface area (Å²) in [5.41, 5.74) is 13.2. The molecule has 0 atom stereocenters. The number of benzene rings is 8. The zero-order chi connectivity index (χ0) is 34.3. The predicted octanol–water partition coefficient (Wildman–Crippen LogP) is 13.8. The smallest absolute Gasteiger partial charge is 0.135 e. The number of hydrogen-bond acceptors (Lipinski definition) is 1. The van der Waals surface area contributed by atoms with Crippen molar-refractivity contribution in [3.8, 4) is 33.6 Å². The Bertz CT molecular complexity index is 3200. The summed E-state index contributed by atoms with van der Waals surface area (Å²) >= 11 is 6.91. The Morgan fingerprint density at radius 1 is 0.327 bits per heavy atom. The maximum Gasteiger partial charge on any atom is 0.135 e. The number of hydrogen-bond donors (Lipinski definition) is 0. The highest BCUT2D eigenvalue weighted by atomic mass is 35.5. The van der Waals surface area contributed by atoms with Gasteiger partial charge in [0.15, 0.2) is 0 Å². The number of rotatable bonds is 4. The second-order valence-corrected chi connectivity index (χ2v) is 13.9. The van der Waals surface area contributed by atoms with Gasteiger partial charge in [-0.2, -0.15) is 0 Å². The van der Waals surface area contributed by atoms with Crippen LogP contribution in [-0.2, 0) is 0 Å². The fraction of sp³-hybridized carbons (Fsp3) is 0. The summed E-state index contributed by atoms with van der Waals surface area (Å²) in [6, 6.07) is 62.5.